The van der Waals surface area contributed by atoms with E-state index in [9.17, 15) is 0 Å². The van der Waals surface area contributed by atoms with Gasteiger partial charge in [-0.3, -0.25) is 0 Å². The van der Waals surface area contributed by atoms with Gasteiger partial charge in [0.2, 0.25) is 5.95 Å². The van der Waals surface area contributed by atoms with Crippen molar-refractivity contribution < 1.29 is 0 Å². The van der Waals surface area contributed by atoms with Gasteiger partial charge in [0.25, 0.3) is 0 Å². The van der Waals surface area contributed by atoms with Crippen LogP contribution in [0.25, 0.3) is 0 Å². The molecule has 2 heterocycles. The smallest absolute Gasteiger partial charge is 0.224 e. The van der Waals surface area contributed by atoms with E-state index in [4.69, 9.17) is 11.5 Å². The Morgan fingerprint density at radius 2 is 1.94 bits per heavy atom. The van der Waals surface area contributed by atoms with Crippen molar-refractivity contribution in [1.82, 2.24) is 9.97 Å². The van der Waals surface area contributed by atoms with E-state index in [1.54, 1.807) is 0 Å². The quantitative estimate of drug-likeness (QED) is 0.735. The van der Waals surface area contributed by atoms with Gasteiger partial charge in [-0.1, -0.05) is 0 Å². The van der Waals surface area contributed by atoms with E-state index in [2.05, 4.69) is 33.7 Å². The van der Waals surface area contributed by atoms with Crippen molar-refractivity contribution in [3.05, 3.63) is 0 Å². The first-order valence-electron chi connectivity index (χ1n) is 5.23. The summed E-state index contributed by atoms with van der Waals surface area (Å²) < 4.78 is 0. The molecule has 0 saturated carbocycles. The van der Waals surface area contributed by atoms with Gasteiger partial charge in [0.15, 0.2) is 11.6 Å². The zero-order valence-corrected chi connectivity index (χ0v) is 9.73. The first kappa shape index (κ1) is 10.7. The second-order valence-electron chi connectivity index (χ2n) is 4.21. The molecule has 0 amide bonds. The molecule has 6 heteroatoms. The molecule has 0 saturated heterocycles. The van der Waals surface area contributed by atoms with Crippen molar-refractivity contribution in [2.24, 2.45) is 4.99 Å². The Morgan fingerprint density at radius 3 is 2.56 bits per heavy atom. The lowest BCUT2D eigenvalue weighted by molar-refractivity contribution is 0.715. The zero-order chi connectivity index (χ0) is 11.9. The summed E-state index contributed by atoms with van der Waals surface area (Å²) in [5, 5.41) is 0. The summed E-state index contributed by atoms with van der Waals surface area (Å²) in [7, 11) is 0. The van der Waals surface area contributed by atoms with E-state index >= 15 is 0 Å². The highest BCUT2D eigenvalue weighted by Crippen LogP contribution is 2.35. The van der Waals surface area contributed by atoms with Crippen LogP contribution in [0.4, 0.5) is 23.3 Å². The third-order valence-corrected chi connectivity index (χ3v) is 2.51. The van der Waals surface area contributed by atoms with Crippen LogP contribution in [0.5, 0.6) is 0 Å². The van der Waals surface area contributed by atoms with Gasteiger partial charge in [0.1, 0.15) is 5.69 Å². The second kappa shape index (κ2) is 3.62. The summed E-state index contributed by atoms with van der Waals surface area (Å²) in [4.78, 5) is 14.6. The maximum atomic E-state index is 5.80. The molecule has 1 aliphatic heterocycles. The number of nitrogens with zero attached hydrogens (tertiary/aromatic N) is 4. The zero-order valence-electron chi connectivity index (χ0n) is 9.73. The Morgan fingerprint density at radius 1 is 1.25 bits per heavy atom. The van der Waals surface area contributed by atoms with E-state index in [1.807, 2.05) is 6.92 Å². The summed E-state index contributed by atoms with van der Waals surface area (Å²) >= 11 is 0. The van der Waals surface area contributed by atoms with Crippen LogP contribution in [-0.4, -0.2) is 28.3 Å². The van der Waals surface area contributed by atoms with Crippen molar-refractivity contribution in [1.29, 1.82) is 0 Å². The monoisotopic (exact) mass is 220 g/mol. The van der Waals surface area contributed by atoms with Crippen LogP contribution in [-0.2, 0) is 0 Å². The fourth-order valence-electron chi connectivity index (χ4n) is 1.76. The molecule has 1 aliphatic rings. The number of rotatable bonds is 1. The molecule has 0 radical (unpaired) electrons. The van der Waals surface area contributed by atoms with Crippen LogP contribution in [0.15, 0.2) is 4.99 Å². The first-order chi connectivity index (χ1) is 7.49. The summed E-state index contributed by atoms with van der Waals surface area (Å²) in [6, 6.07) is 0.317. The number of aliphatic imine (C=N–C) groups is 1. The number of hydrogen-bond donors (Lipinski definition) is 2. The Kier molecular flexibility index (Phi) is 2.41. The predicted molar refractivity (Wildman–Crippen MR) is 66.1 cm³/mol. The lowest BCUT2D eigenvalue weighted by Gasteiger charge is -2.32. The molecule has 4 N–H and O–H groups in total. The van der Waals surface area contributed by atoms with E-state index in [0.717, 1.165) is 18.1 Å². The lowest BCUT2D eigenvalue weighted by atomic mass is 10.2. The molecule has 0 fully saturated rings. The van der Waals surface area contributed by atoms with Gasteiger partial charge in [-0.15, -0.1) is 0 Å². The molecule has 0 spiro atoms. The molecule has 16 heavy (non-hydrogen) atoms. The van der Waals surface area contributed by atoms with Gasteiger partial charge in [-0.05, 0) is 20.8 Å². The highest BCUT2D eigenvalue weighted by atomic mass is 15.3. The van der Waals surface area contributed by atoms with Gasteiger partial charge in [-0.25, -0.2) is 4.99 Å². The molecule has 86 valence electrons. The SMILES string of the molecule is CC1=Nc2c(N)nc(N)nc2N(C(C)C)C1. The van der Waals surface area contributed by atoms with E-state index < -0.39 is 0 Å². The van der Waals surface area contributed by atoms with Gasteiger partial charge >= 0.3 is 0 Å². The number of fused-ring (bicyclic) bond motifs is 1. The van der Waals surface area contributed by atoms with E-state index in [1.165, 1.54) is 0 Å². The van der Waals surface area contributed by atoms with E-state index in [-0.39, 0.29) is 5.95 Å². The average Bonchev–Trinajstić information content (AvgIpc) is 2.18. The normalized spacial score (nSPS) is 15.0. The number of nitrogen functional groups attached to an aromatic ring is 2. The van der Waals surface area contributed by atoms with Crippen LogP contribution in [0.2, 0.25) is 0 Å². The minimum Gasteiger partial charge on any atom is -0.382 e. The van der Waals surface area contributed by atoms with Crippen LogP contribution in [0.3, 0.4) is 0 Å². The Labute approximate surface area is 94.4 Å². The number of nitrogens with two attached hydrogens (primary N) is 2. The van der Waals surface area contributed by atoms with Crippen molar-refractivity contribution in [2.75, 3.05) is 22.9 Å². The van der Waals surface area contributed by atoms with Crippen molar-refractivity contribution in [3.8, 4) is 0 Å². The van der Waals surface area contributed by atoms with Gasteiger partial charge < -0.3 is 16.4 Å². The van der Waals surface area contributed by atoms with Crippen molar-refractivity contribution in [3.63, 3.8) is 0 Å². The Bertz CT molecular complexity index is 451. The molecule has 0 aliphatic carbocycles. The minimum absolute atomic E-state index is 0.191. The van der Waals surface area contributed by atoms with Crippen molar-refractivity contribution in [2.45, 2.75) is 26.8 Å². The molecule has 0 bridgehead atoms. The summed E-state index contributed by atoms with van der Waals surface area (Å²) in [6.07, 6.45) is 0. The molecule has 6 nitrogen and oxygen atoms in total. The fraction of sp³-hybridized carbons (Fsp3) is 0.500. The Hall–Kier alpha value is -1.85. The highest BCUT2D eigenvalue weighted by Gasteiger charge is 2.24. The molecular weight excluding hydrogens is 204 g/mol. The lowest BCUT2D eigenvalue weighted by Crippen LogP contribution is -2.38. The molecule has 0 atom stereocenters. The fourth-order valence-corrected chi connectivity index (χ4v) is 1.76. The average molecular weight is 220 g/mol. The second-order valence-corrected chi connectivity index (χ2v) is 4.21. The molecule has 0 aromatic carbocycles. The number of aromatic nitrogens is 2. The molecule has 0 unspecified atom stereocenters. The first-order valence-corrected chi connectivity index (χ1v) is 5.23. The van der Waals surface area contributed by atoms with Gasteiger partial charge in [-0.2, -0.15) is 9.97 Å². The van der Waals surface area contributed by atoms with Crippen LogP contribution >= 0.6 is 0 Å². The van der Waals surface area contributed by atoms with E-state index in [0.29, 0.717) is 17.5 Å². The largest absolute Gasteiger partial charge is 0.382 e. The molecule has 2 rings (SSSR count). The predicted octanol–water partition coefficient (Wildman–Crippen LogP) is 0.962. The molecular formula is C10H16N6. The number of anilines is 3. The summed E-state index contributed by atoms with van der Waals surface area (Å²) in [5.41, 5.74) is 13.0. The third kappa shape index (κ3) is 1.66. The number of hydrogen-bond acceptors (Lipinski definition) is 6. The van der Waals surface area contributed by atoms with Crippen LogP contribution in [0.1, 0.15) is 20.8 Å². The topological polar surface area (TPSA) is 93.4 Å². The van der Waals surface area contributed by atoms with Gasteiger partial charge in [0, 0.05) is 11.8 Å². The van der Waals surface area contributed by atoms with Crippen LogP contribution in [0, 0.1) is 0 Å². The maximum absolute atomic E-state index is 5.80. The molecule has 1 aromatic heterocycles. The standard InChI is InChI=1S/C10H16N6/c1-5(2)16-4-6(3)13-7-8(11)14-10(12)15-9(7)16/h5H,4H2,1-3H3,(H4,11,12,14,15). The summed E-state index contributed by atoms with van der Waals surface area (Å²) in [5.74, 6) is 1.26. The van der Waals surface area contributed by atoms with Crippen LogP contribution < -0.4 is 16.4 Å². The molecule has 1 aromatic rings. The highest BCUT2D eigenvalue weighted by molar-refractivity contribution is 5.96. The van der Waals surface area contributed by atoms with Crippen molar-refractivity contribution >= 4 is 29.0 Å². The third-order valence-electron chi connectivity index (χ3n) is 2.51. The Balaban J connectivity index is 2.61. The summed E-state index contributed by atoms with van der Waals surface area (Å²) in [6.45, 7) is 6.91. The van der Waals surface area contributed by atoms with Gasteiger partial charge in [0.05, 0.1) is 6.54 Å². The minimum atomic E-state index is 0.191. The maximum Gasteiger partial charge on any atom is 0.224 e.